The zero-order chi connectivity index (χ0) is 16.5. The molecule has 1 aliphatic heterocycles. The molecule has 6 nitrogen and oxygen atoms in total. The van der Waals surface area contributed by atoms with Crippen LogP contribution in [0.15, 0.2) is 35.0 Å². The largest absolute Gasteiger partial charge is 0.450 e. The first-order valence-corrected chi connectivity index (χ1v) is 8.34. The lowest BCUT2D eigenvalue weighted by Crippen LogP contribution is -2.41. The molecule has 1 atom stereocenters. The quantitative estimate of drug-likeness (QED) is 0.802. The van der Waals surface area contributed by atoms with Crippen LogP contribution in [0, 0.1) is 5.92 Å². The number of furan rings is 1. The highest BCUT2D eigenvalue weighted by Gasteiger charge is 2.24. The van der Waals surface area contributed by atoms with Crippen molar-refractivity contribution in [2.75, 3.05) is 24.5 Å². The molecule has 24 heavy (non-hydrogen) atoms. The summed E-state index contributed by atoms with van der Waals surface area (Å²) in [4.78, 5) is 22.3. The summed E-state index contributed by atoms with van der Waals surface area (Å²) in [6, 6.07) is 7.93. The molecule has 1 unspecified atom stereocenters. The lowest BCUT2D eigenvalue weighted by molar-refractivity contribution is -0.119. The SMILES string of the molecule is CC(=O)NCC1CCCN(c2ncnc3c2oc2ccccc23)C1. The zero-order valence-electron chi connectivity index (χ0n) is 13.7. The monoisotopic (exact) mass is 324 g/mol. The van der Waals surface area contributed by atoms with E-state index in [-0.39, 0.29) is 5.91 Å². The summed E-state index contributed by atoms with van der Waals surface area (Å²) >= 11 is 0. The molecule has 124 valence electrons. The second kappa shape index (κ2) is 6.11. The van der Waals surface area contributed by atoms with Gasteiger partial charge in [0.2, 0.25) is 5.91 Å². The molecule has 6 heteroatoms. The summed E-state index contributed by atoms with van der Waals surface area (Å²) in [6.07, 6.45) is 3.80. The molecule has 1 aromatic carbocycles. The first-order valence-electron chi connectivity index (χ1n) is 8.34. The van der Waals surface area contributed by atoms with Gasteiger partial charge in [0.05, 0.1) is 0 Å². The Morgan fingerprint density at radius 2 is 2.25 bits per heavy atom. The Kier molecular flexibility index (Phi) is 3.80. The van der Waals surface area contributed by atoms with E-state index in [9.17, 15) is 4.79 Å². The van der Waals surface area contributed by atoms with Crippen molar-refractivity contribution in [3.8, 4) is 0 Å². The molecular formula is C18H20N4O2. The fourth-order valence-electron chi connectivity index (χ4n) is 3.45. The number of hydrogen-bond acceptors (Lipinski definition) is 5. The average Bonchev–Trinajstić information content (AvgIpc) is 2.99. The summed E-state index contributed by atoms with van der Waals surface area (Å²) in [5.41, 5.74) is 2.44. The van der Waals surface area contributed by atoms with E-state index in [1.807, 2.05) is 24.3 Å². The molecule has 0 spiro atoms. The normalized spacial score (nSPS) is 18.2. The number of anilines is 1. The topological polar surface area (TPSA) is 71.3 Å². The molecule has 0 aliphatic carbocycles. The Morgan fingerprint density at radius 1 is 1.38 bits per heavy atom. The Labute approximate surface area is 139 Å². The van der Waals surface area contributed by atoms with Crippen LogP contribution in [0.25, 0.3) is 22.1 Å². The van der Waals surface area contributed by atoms with Crippen molar-refractivity contribution in [3.63, 3.8) is 0 Å². The Balaban J connectivity index is 1.67. The van der Waals surface area contributed by atoms with Crippen LogP contribution in [-0.2, 0) is 4.79 Å². The van der Waals surface area contributed by atoms with Gasteiger partial charge < -0.3 is 14.6 Å². The number of benzene rings is 1. The number of piperidine rings is 1. The molecule has 3 heterocycles. The van der Waals surface area contributed by atoms with Gasteiger partial charge in [0.25, 0.3) is 0 Å². The van der Waals surface area contributed by atoms with Crippen molar-refractivity contribution < 1.29 is 9.21 Å². The van der Waals surface area contributed by atoms with Crippen molar-refractivity contribution in [3.05, 3.63) is 30.6 Å². The minimum atomic E-state index is 0.0221. The number of nitrogens with one attached hydrogen (secondary N) is 1. The summed E-state index contributed by atoms with van der Waals surface area (Å²) in [7, 11) is 0. The van der Waals surface area contributed by atoms with Gasteiger partial charge in [0, 0.05) is 31.9 Å². The van der Waals surface area contributed by atoms with Gasteiger partial charge in [-0.1, -0.05) is 12.1 Å². The number of amides is 1. The van der Waals surface area contributed by atoms with E-state index < -0.39 is 0 Å². The fraction of sp³-hybridized carbons (Fsp3) is 0.389. The van der Waals surface area contributed by atoms with Gasteiger partial charge in [-0.25, -0.2) is 9.97 Å². The summed E-state index contributed by atoms with van der Waals surface area (Å²) in [6.45, 7) is 4.08. The van der Waals surface area contributed by atoms with Crippen molar-refractivity contribution in [2.45, 2.75) is 19.8 Å². The van der Waals surface area contributed by atoms with Crippen LogP contribution in [0.4, 0.5) is 5.82 Å². The molecule has 0 saturated carbocycles. The number of para-hydroxylation sites is 1. The lowest BCUT2D eigenvalue weighted by atomic mass is 9.98. The number of fused-ring (bicyclic) bond motifs is 3. The highest BCUT2D eigenvalue weighted by molar-refractivity contribution is 6.05. The minimum absolute atomic E-state index is 0.0221. The van der Waals surface area contributed by atoms with Crippen LogP contribution in [0.5, 0.6) is 0 Å². The third-order valence-electron chi connectivity index (χ3n) is 4.60. The number of nitrogens with zero attached hydrogens (tertiary/aromatic N) is 3. The van der Waals surface area contributed by atoms with Crippen molar-refractivity contribution in [1.29, 1.82) is 0 Å². The number of hydrogen-bond donors (Lipinski definition) is 1. The zero-order valence-corrected chi connectivity index (χ0v) is 13.7. The molecule has 1 amide bonds. The first-order chi connectivity index (χ1) is 11.7. The standard InChI is InChI=1S/C18H20N4O2/c1-12(23)19-9-13-5-4-8-22(10-13)18-17-16(20-11-21-18)14-6-2-3-7-15(14)24-17/h2-3,6-7,11,13H,4-5,8-10H2,1H3,(H,19,23). The van der Waals surface area contributed by atoms with E-state index in [2.05, 4.69) is 20.2 Å². The second-order valence-corrected chi connectivity index (χ2v) is 6.36. The van der Waals surface area contributed by atoms with E-state index in [4.69, 9.17) is 4.42 Å². The predicted molar refractivity (Wildman–Crippen MR) is 92.9 cm³/mol. The number of aromatic nitrogens is 2. The predicted octanol–water partition coefficient (Wildman–Crippen LogP) is 2.73. The van der Waals surface area contributed by atoms with Gasteiger partial charge in [0.15, 0.2) is 11.4 Å². The molecule has 2 aromatic heterocycles. The molecular weight excluding hydrogens is 304 g/mol. The van der Waals surface area contributed by atoms with Crippen LogP contribution in [-0.4, -0.2) is 35.5 Å². The number of carbonyl (C=O) groups is 1. The van der Waals surface area contributed by atoms with Gasteiger partial charge in [0.1, 0.15) is 17.4 Å². The molecule has 0 bridgehead atoms. The number of rotatable bonds is 3. The maximum atomic E-state index is 11.2. The highest BCUT2D eigenvalue weighted by Crippen LogP contribution is 2.33. The maximum Gasteiger partial charge on any atom is 0.216 e. The third kappa shape index (κ3) is 2.68. The van der Waals surface area contributed by atoms with Crippen molar-refractivity contribution in [1.82, 2.24) is 15.3 Å². The molecule has 4 rings (SSSR count). The molecule has 1 fully saturated rings. The van der Waals surface area contributed by atoms with Crippen LogP contribution in [0.3, 0.4) is 0 Å². The van der Waals surface area contributed by atoms with E-state index in [1.54, 1.807) is 13.3 Å². The molecule has 1 N–H and O–H groups in total. The van der Waals surface area contributed by atoms with Crippen LogP contribution < -0.4 is 10.2 Å². The highest BCUT2D eigenvalue weighted by atomic mass is 16.3. The maximum absolute atomic E-state index is 11.2. The fourth-order valence-corrected chi connectivity index (χ4v) is 3.45. The van der Waals surface area contributed by atoms with E-state index in [0.717, 1.165) is 53.8 Å². The van der Waals surface area contributed by atoms with Gasteiger partial charge in [-0.05, 0) is 30.9 Å². The molecule has 1 aliphatic rings. The minimum Gasteiger partial charge on any atom is -0.450 e. The molecule has 1 saturated heterocycles. The van der Waals surface area contributed by atoms with Gasteiger partial charge >= 0.3 is 0 Å². The van der Waals surface area contributed by atoms with Crippen LogP contribution >= 0.6 is 0 Å². The van der Waals surface area contributed by atoms with Gasteiger partial charge in [-0.15, -0.1) is 0 Å². The first kappa shape index (κ1) is 14.9. The summed E-state index contributed by atoms with van der Waals surface area (Å²) in [5, 5.41) is 3.94. The third-order valence-corrected chi connectivity index (χ3v) is 4.60. The van der Waals surface area contributed by atoms with E-state index in [0.29, 0.717) is 12.5 Å². The van der Waals surface area contributed by atoms with Crippen molar-refractivity contribution in [2.24, 2.45) is 5.92 Å². The van der Waals surface area contributed by atoms with Crippen molar-refractivity contribution >= 4 is 33.8 Å². The number of carbonyl (C=O) groups excluding carboxylic acids is 1. The Bertz CT molecular complexity index is 889. The second-order valence-electron chi connectivity index (χ2n) is 6.36. The van der Waals surface area contributed by atoms with Crippen LogP contribution in [0.1, 0.15) is 19.8 Å². The van der Waals surface area contributed by atoms with Gasteiger partial charge in [-0.2, -0.15) is 0 Å². The smallest absolute Gasteiger partial charge is 0.216 e. The van der Waals surface area contributed by atoms with Gasteiger partial charge in [-0.3, -0.25) is 4.79 Å². The van der Waals surface area contributed by atoms with E-state index >= 15 is 0 Å². The molecule has 0 radical (unpaired) electrons. The average molecular weight is 324 g/mol. The summed E-state index contributed by atoms with van der Waals surface area (Å²) in [5.74, 6) is 1.30. The molecule has 3 aromatic rings. The van der Waals surface area contributed by atoms with Crippen LogP contribution in [0.2, 0.25) is 0 Å². The lowest BCUT2D eigenvalue weighted by Gasteiger charge is -2.33. The Morgan fingerprint density at radius 3 is 3.12 bits per heavy atom. The van der Waals surface area contributed by atoms with E-state index in [1.165, 1.54) is 0 Å². The Hall–Kier alpha value is -2.63. The summed E-state index contributed by atoms with van der Waals surface area (Å²) < 4.78 is 6.03.